The number of nitrogens with zero attached hydrogens (tertiary/aromatic N) is 2. The highest BCUT2D eigenvalue weighted by Crippen LogP contribution is 2.35. The van der Waals surface area contributed by atoms with Crippen LogP contribution in [0, 0.1) is 5.39 Å². The van der Waals surface area contributed by atoms with Gasteiger partial charge in [-0.3, -0.25) is 0 Å². The van der Waals surface area contributed by atoms with E-state index >= 15 is 0 Å². The van der Waals surface area contributed by atoms with Gasteiger partial charge in [0.1, 0.15) is 5.75 Å². The number of hydrogen-bond acceptors (Lipinski definition) is 3. The number of rotatable bonds is 1. The highest BCUT2D eigenvalue weighted by molar-refractivity contribution is 5.96. The number of benzene rings is 1. The summed E-state index contributed by atoms with van der Waals surface area (Å²) in [5.74, 6) is 0.206. The van der Waals surface area contributed by atoms with E-state index in [-0.39, 0.29) is 5.69 Å². The fraction of sp³-hybridized carbons (Fsp3) is 0.111. The number of fused-ring (bicyclic) bond motifs is 1. The van der Waals surface area contributed by atoms with Crippen LogP contribution in [-0.4, -0.2) is 12.1 Å². The van der Waals surface area contributed by atoms with Gasteiger partial charge < -0.3 is 14.8 Å². The number of aromatic amines is 1. The normalized spacial score (nSPS) is 10.0. The number of methoxy groups -OCH3 is 1. The smallest absolute Gasteiger partial charge is 0.402 e. The molecule has 2 rings (SSSR count). The summed E-state index contributed by atoms with van der Waals surface area (Å²) >= 11 is 0. The minimum absolute atomic E-state index is 0.0129. The van der Waals surface area contributed by atoms with E-state index in [1.54, 1.807) is 18.2 Å². The van der Waals surface area contributed by atoms with Crippen molar-refractivity contribution in [1.29, 1.82) is 5.39 Å². The Morgan fingerprint density at radius 1 is 1.50 bits per heavy atom. The molecule has 2 aromatic rings. The molecule has 0 radical (unpaired) electrons. The van der Waals surface area contributed by atoms with Gasteiger partial charge in [0.2, 0.25) is 5.39 Å². The molecule has 5 heteroatoms. The summed E-state index contributed by atoms with van der Waals surface area (Å²) in [6.07, 6.45) is 0. The first-order valence-corrected chi connectivity index (χ1v) is 3.98. The van der Waals surface area contributed by atoms with Crippen LogP contribution in [0.3, 0.4) is 0 Å². The summed E-state index contributed by atoms with van der Waals surface area (Å²) < 4.78 is 4.99. The summed E-state index contributed by atoms with van der Waals surface area (Å²) in [7, 11) is 1.53. The monoisotopic (exact) mass is 189 g/mol. The molecule has 0 aliphatic heterocycles. The van der Waals surface area contributed by atoms with Gasteiger partial charge in [-0.15, -0.1) is 0 Å². The van der Waals surface area contributed by atoms with Gasteiger partial charge in [0.15, 0.2) is 4.98 Å². The van der Waals surface area contributed by atoms with Crippen molar-refractivity contribution >= 4 is 16.6 Å². The lowest BCUT2D eigenvalue weighted by molar-refractivity contribution is -0.272. The zero-order valence-electron chi connectivity index (χ0n) is 7.44. The molecule has 1 heterocycles. The van der Waals surface area contributed by atoms with Gasteiger partial charge in [0.25, 0.3) is 0 Å². The van der Waals surface area contributed by atoms with Crippen LogP contribution in [0.4, 0.5) is 5.69 Å². The minimum atomic E-state index is -0.407. The van der Waals surface area contributed by atoms with Gasteiger partial charge >= 0.3 is 5.69 Å². The van der Waals surface area contributed by atoms with Crippen LogP contribution in [0.5, 0.6) is 11.6 Å². The third kappa shape index (κ3) is 1.05. The van der Waals surface area contributed by atoms with E-state index in [2.05, 4.69) is 9.96 Å². The van der Waals surface area contributed by atoms with Gasteiger partial charge in [0, 0.05) is 0 Å². The molecule has 0 atom stereocenters. The quantitative estimate of drug-likeness (QED) is 0.694. The highest BCUT2D eigenvalue weighted by Gasteiger charge is 2.16. The van der Waals surface area contributed by atoms with Crippen molar-refractivity contribution in [3.8, 4) is 11.6 Å². The van der Waals surface area contributed by atoms with Crippen molar-refractivity contribution in [3.05, 3.63) is 23.2 Å². The summed E-state index contributed by atoms with van der Waals surface area (Å²) in [4.78, 5) is 5.50. The fourth-order valence-corrected chi connectivity index (χ4v) is 1.36. The van der Waals surface area contributed by atoms with E-state index in [1.165, 1.54) is 7.11 Å². The first-order valence-electron chi connectivity index (χ1n) is 3.98. The Hall–Kier alpha value is -2.22. The highest BCUT2D eigenvalue weighted by atomic mass is 16.5. The van der Waals surface area contributed by atoms with Crippen LogP contribution in [0.1, 0.15) is 0 Å². The first-order chi connectivity index (χ1) is 6.76. The molecule has 1 aromatic heterocycles. The Bertz CT molecular complexity index is 525. The van der Waals surface area contributed by atoms with Gasteiger partial charge in [-0.1, -0.05) is 0 Å². The maximum absolute atomic E-state index is 11.2. The van der Waals surface area contributed by atoms with E-state index in [0.29, 0.717) is 16.7 Å². The standard InChI is InChI=1S/C9H7N3O2/c1-14-5-2-3-7-6(4-5)8(12-10)9(13)11-7/h2-4,10H,1H3. The topological polar surface area (TPSA) is 76.2 Å². The average Bonchev–Trinajstić information content (AvgIpc) is 2.52. The van der Waals surface area contributed by atoms with Gasteiger partial charge in [0.05, 0.1) is 23.9 Å². The molecule has 14 heavy (non-hydrogen) atoms. The maximum Gasteiger partial charge on any atom is 0.402 e. The van der Waals surface area contributed by atoms with E-state index in [1.807, 2.05) is 0 Å². The Morgan fingerprint density at radius 3 is 2.93 bits per heavy atom. The first kappa shape index (κ1) is 8.38. The molecule has 0 fully saturated rings. The second-order valence-corrected chi connectivity index (χ2v) is 2.81. The van der Waals surface area contributed by atoms with Crippen LogP contribution in [0.25, 0.3) is 15.9 Å². The van der Waals surface area contributed by atoms with Crippen molar-refractivity contribution < 1.29 is 9.84 Å². The zero-order valence-corrected chi connectivity index (χ0v) is 7.44. The van der Waals surface area contributed by atoms with Crippen LogP contribution < -0.4 is 9.84 Å². The largest absolute Gasteiger partial charge is 0.855 e. The Balaban J connectivity index is 2.79. The van der Waals surface area contributed by atoms with E-state index in [0.717, 1.165) is 0 Å². The molecule has 0 saturated carbocycles. The predicted molar refractivity (Wildman–Crippen MR) is 49.0 cm³/mol. The molecule has 0 unspecified atom stereocenters. The summed E-state index contributed by atoms with van der Waals surface area (Å²) in [5.41, 5.74) is 0.641. The third-order valence-corrected chi connectivity index (χ3v) is 2.05. The van der Waals surface area contributed by atoms with Crippen LogP contribution in [-0.2, 0) is 0 Å². The number of hydrogen-bond donors (Lipinski definition) is 1. The number of H-pyrrole nitrogens is 1. The van der Waals surface area contributed by atoms with Crippen molar-refractivity contribution in [2.45, 2.75) is 0 Å². The lowest BCUT2D eigenvalue weighted by Gasteiger charge is -1.96. The molecule has 0 aliphatic carbocycles. The minimum Gasteiger partial charge on any atom is -0.855 e. The molecular weight excluding hydrogens is 182 g/mol. The Labute approximate surface area is 79.6 Å². The summed E-state index contributed by atoms with van der Waals surface area (Å²) in [6.45, 7) is 0. The van der Waals surface area contributed by atoms with Crippen LogP contribution >= 0.6 is 0 Å². The number of diazo groups is 1. The van der Waals surface area contributed by atoms with E-state index in [9.17, 15) is 5.11 Å². The fourth-order valence-electron chi connectivity index (χ4n) is 1.36. The number of nitrogens with one attached hydrogen (secondary N) is 1. The van der Waals surface area contributed by atoms with Crippen molar-refractivity contribution in [2.75, 3.05) is 7.11 Å². The van der Waals surface area contributed by atoms with Crippen molar-refractivity contribution in [1.82, 2.24) is 4.98 Å². The zero-order chi connectivity index (χ0) is 10.1. The molecule has 5 nitrogen and oxygen atoms in total. The van der Waals surface area contributed by atoms with Gasteiger partial charge in [-0.2, -0.15) is 0 Å². The summed E-state index contributed by atoms with van der Waals surface area (Å²) in [5, 5.41) is 20.4. The SMILES string of the molecule is COc1ccc2[nH]c([O-])c([N+]#N)c2c1. The van der Waals surface area contributed by atoms with Crippen LogP contribution in [0.2, 0.25) is 0 Å². The Morgan fingerprint density at radius 2 is 2.29 bits per heavy atom. The maximum atomic E-state index is 11.2. The van der Waals surface area contributed by atoms with Gasteiger partial charge in [-0.25, -0.2) is 0 Å². The number of ether oxygens (including phenoxy) is 1. The third-order valence-electron chi connectivity index (χ3n) is 2.05. The van der Waals surface area contributed by atoms with Crippen LogP contribution in [0.15, 0.2) is 18.2 Å². The van der Waals surface area contributed by atoms with Crippen molar-refractivity contribution in [2.24, 2.45) is 0 Å². The average molecular weight is 189 g/mol. The molecule has 1 aromatic carbocycles. The van der Waals surface area contributed by atoms with E-state index in [4.69, 9.17) is 10.1 Å². The molecular formula is C9H7N3O2. The molecule has 0 aliphatic rings. The molecule has 0 saturated heterocycles. The molecule has 0 amide bonds. The van der Waals surface area contributed by atoms with Gasteiger partial charge in [-0.05, 0) is 18.2 Å². The Kier molecular flexibility index (Phi) is 1.75. The molecule has 0 bridgehead atoms. The number of aromatic nitrogens is 1. The van der Waals surface area contributed by atoms with Crippen molar-refractivity contribution in [3.63, 3.8) is 0 Å². The lowest BCUT2D eigenvalue weighted by Crippen LogP contribution is -1.87. The predicted octanol–water partition coefficient (Wildman–Crippen LogP) is 1.73. The van der Waals surface area contributed by atoms with E-state index < -0.39 is 5.88 Å². The second kappa shape index (κ2) is 2.92. The molecule has 1 N–H and O–H groups in total. The molecule has 0 spiro atoms. The molecule has 70 valence electrons. The lowest BCUT2D eigenvalue weighted by atomic mass is 10.2. The second-order valence-electron chi connectivity index (χ2n) is 2.81. The summed E-state index contributed by atoms with van der Waals surface area (Å²) in [6, 6.07) is 5.06.